The maximum absolute atomic E-state index is 13.0. The molecule has 2 rings (SSSR count). The summed E-state index contributed by atoms with van der Waals surface area (Å²) >= 11 is 0. The molecule has 2 aromatic rings. The van der Waals surface area contributed by atoms with Gasteiger partial charge in [0.2, 0.25) is 0 Å². The van der Waals surface area contributed by atoms with Crippen molar-refractivity contribution in [1.29, 1.82) is 0 Å². The third kappa shape index (κ3) is 3.28. The van der Waals surface area contributed by atoms with Gasteiger partial charge >= 0.3 is 0 Å². The summed E-state index contributed by atoms with van der Waals surface area (Å²) in [5, 5.41) is 2.68. The highest BCUT2D eigenvalue weighted by Crippen LogP contribution is 2.11. The maximum Gasteiger partial charge on any atom is 0.255 e. The van der Waals surface area contributed by atoms with E-state index in [1.165, 1.54) is 18.3 Å². The standard InChI is InChI=1S/C14H14FN3O/c1-9-5-13(16)12(8-17-9)14(19)18-7-10-3-2-4-11(15)6-10/h2-6,8H,7H2,1H3,(H2,16,17)(H,18,19). The van der Waals surface area contributed by atoms with Gasteiger partial charge in [-0.3, -0.25) is 9.78 Å². The molecule has 19 heavy (non-hydrogen) atoms. The Morgan fingerprint density at radius 2 is 2.21 bits per heavy atom. The summed E-state index contributed by atoms with van der Waals surface area (Å²) in [6.45, 7) is 2.04. The average molecular weight is 259 g/mol. The molecule has 1 aromatic carbocycles. The van der Waals surface area contributed by atoms with Crippen LogP contribution in [0.2, 0.25) is 0 Å². The first-order chi connectivity index (χ1) is 9.06. The molecular formula is C14H14FN3O. The largest absolute Gasteiger partial charge is 0.398 e. The first-order valence-corrected chi connectivity index (χ1v) is 5.81. The fraction of sp³-hybridized carbons (Fsp3) is 0.143. The van der Waals surface area contributed by atoms with Crippen molar-refractivity contribution in [3.63, 3.8) is 0 Å². The second kappa shape index (κ2) is 5.48. The molecule has 1 aromatic heterocycles. The minimum Gasteiger partial charge on any atom is -0.398 e. The van der Waals surface area contributed by atoms with Gasteiger partial charge in [0, 0.05) is 24.1 Å². The predicted octanol–water partition coefficient (Wildman–Crippen LogP) is 2.04. The van der Waals surface area contributed by atoms with Crippen LogP contribution in [0.1, 0.15) is 21.6 Å². The molecule has 0 aliphatic heterocycles. The number of hydrogen-bond donors (Lipinski definition) is 2. The molecular weight excluding hydrogens is 245 g/mol. The molecule has 0 bridgehead atoms. The molecule has 0 spiro atoms. The van der Waals surface area contributed by atoms with Gasteiger partial charge < -0.3 is 11.1 Å². The SMILES string of the molecule is Cc1cc(N)c(C(=O)NCc2cccc(F)c2)cn1. The molecule has 4 nitrogen and oxygen atoms in total. The van der Waals surface area contributed by atoms with Crippen LogP contribution in [0.25, 0.3) is 0 Å². The predicted molar refractivity (Wildman–Crippen MR) is 71.0 cm³/mol. The zero-order valence-corrected chi connectivity index (χ0v) is 10.5. The second-order valence-corrected chi connectivity index (χ2v) is 4.23. The highest BCUT2D eigenvalue weighted by atomic mass is 19.1. The summed E-state index contributed by atoms with van der Waals surface area (Å²) in [7, 11) is 0. The van der Waals surface area contributed by atoms with Crippen molar-refractivity contribution < 1.29 is 9.18 Å². The quantitative estimate of drug-likeness (QED) is 0.886. The van der Waals surface area contributed by atoms with Gasteiger partial charge in [0.25, 0.3) is 5.91 Å². The van der Waals surface area contributed by atoms with Gasteiger partial charge in [-0.25, -0.2) is 4.39 Å². The molecule has 1 amide bonds. The number of nitrogen functional groups attached to an aromatic ring is 1. The third-order valence-electron chi connectivity index (χ3n) is 2.66. The number of rotatable bonds is 3. The average Bonchev–Trinajstić information content (AvgIpc) is 2.36. The van der Waals surface area contributed by atoms with E-state index in [1.54, 1.807) is 25.1 Å². The van der Waals surface area contributed by atoms with Crippen molar-refractivity contribution in [1.82, 2.24) is 10.3 Å². The molecule has 5 heteroatoms. The Morgan fingerprint density at radius 1 is 1.42 bits per heavy atom. The first kappa shape index (κ1) is 13.0. The highest BCUT2D eigenvalue weighted by molar-refractivity contribution is 5.98. The summed E-state index contributed by atoms with van der Waals surface area (Å²) in [4.78, 5) is 15.9. The van der Waals surface area contributed by atoms with E-state index in [0.717, 1.165) is 5.69 Å². The number of nitrogens with two attached hydrogens (primary N) is 1. The third-order valence-corrected chi connectivity index (χ3v) is 2.66. The lowest BCUT2D eigenvalue weighted by Crippen LogP contribution is -2.24. The summed E-state index contributed by atoms with van der Waals surface area (Å²) in [6.07, 6.45) is 1.44. The number of anilines is 1. The number of pyridine rings is 1. The van der Waals surface area contributed by atoms with Gasteiger partial charge in [-0.15, -0.1) is 0 Å². The minimum atomic E-state index is -0.330. The van der Waals surface area contributed by atoms with Crippen LogP contribution in [-0.2, 0) is 6.54 Å². The molecule has 0 atom stereocenters. The van der Waals surface area contributed by atoms with Gasteiger partial charge in [0.15, 0.2) is 0 Å². The Balaban J connectivity index is 2.05. The first-order valence-electron chi connectivity index (χ1n) is 5.81. The number of carbonyl (C=O) groups is 1. The number of hydrogen-bond acceptors (Lipinski definition) is 3. The van der Waals surface area contributed by atoms with Crippen molar-refractivity contribution in [3.8, 4) is 0 Å². The van der Waals surface area contributed by atoms with Crippen molar-refractivity contribution in [3.05, 3.63) is 59.2 Å². The summed E-state index contributed by atoms with van der Waals surface area (Å²) in [5.41, 5.74) is 7.89. The fourth-order valence-electron chi connectivity index (χ4n) is 1.70. The lowest BCUT2D eigenvalue weighted by atomic mass is 10.2. The minimum absolute atomic E-state index is 0.240. The summed E-state index contributed by atoms with van der Waals surface area (Å²) < 4.78 is 13.0. The van der Waals surface area contributed by atoms with E-state index >= 15 is 0 Å². The normalized spacial score (nSPS) is 10.2. The molecule has 3 N–H and O–H groups in total. The van der Waals surface area contributed by atoms with E-state index in [4.69, 9.17) is 5.73 Å². The highest BCUT2D eigenvalue weighted by Gasteiger charge is 2.10. The Hall–Kier alpha value is -2.43. The Bertz CT molecular complexity index is 613. The molecule has 0 saturated heterocycles. The summed E-state index contributed by atoms with van der Waals surface area (Å²) in [6, 6.07) is 7.69. The zero-order valence-electron chi connectivity index (χ0n) is 10.5. The van der Waals surface area contributed by atoms with Crippen LogP contribution >= 0.6 is 0 Å². The zero-order chi connectivity index (χ0) is 13.8. The molecule has 98 valence electrons. The van der Waals surface area contributed by atoms with E-state index in [9.17, 15) is 9.18 Å². The second-order valence-electron chi connectivity index (χ2n) is 4.23. The smallest absolute Gasteiger partial charge is 0.255 e. The van der Waals surface area contributed by atoms with Crippen LogP contribution < -0.4 is 11.1 Å². The number of amides is 1. The van der Waals surface area contributed by atoms with Crippen molar-refractivity contribution in [2.75, 3.05) is 5.73 Å². The van der Waals surface area contributed by atoms with E-state index in [2.05, 4.69) is 10.3 Å². The van der Waals surface area contributed by atoms with Gasteiger partial charge in [0.1, 0.15) is 5.82 Å². The van der Waals surface area contributed by atoms with E-state index in [-0.39, 0.29) is 18.3 Å². The van der Waals surface area contributed by atoms with Crippen molar-refractivity contribution in [2.24, 2.45) is 0 Å². The molecule has 0 unspecified atom stereocenters. The number of nitrogens with zero attached hydrogens (tertiary/aromatic N) is 1. The van der Waals surface area contributed by atoms with Gasteiger partial charge in [-0.2, -0.15) is 0 Å². The molecule has 0 aliphatic rings. The van der Waals surface area contributed by atoms with Gasteiger partial charge in [0.05, 0.1) is 5.56 Å². The Morgan fingerprint density at radius 3 is 2.89 bits per heavy atom. The lowest BCUT2D eigenvalue weighted by molar-refractivity contribution is 0.0951. The number of aromatic nitrogens is 1. The topological polar surface area (TPSA) is 68.0 Å². The summed E-state index contributed by atoms with van der Waals surface area (Å²) in [5.74, 6) is -0.655. The number of halogens is 1. The van der Waals surface area contributed by atoms with Crippen LogP contribution in [0, 0.1) is 12.7 Å². The van der Waals surface area contributed by atoms with Crippen LogP contribution in [0.15, 0.2) is 36.5 Å². The monoisotopic (exact) mass is 259 g/mol. The lowest BCUT2D eigenvalue weighted by Gasteiger charge is -2.08. The molecule has 1 heterocycles. The fourth-order valence-corrected chi connectivity index (χ4v) is 1.70. The number of nitrogens with one attached hydrogen (secondary N) is 1. The van der Waals surface area contributed by atoms with Crippen molar-refractivity contribution >= 4 is 11.6 Å². The van der Waals surface area contributed by atoms with Crippen LogP contribution in [-0.4, -0.2) is 10.9 Å². The molecule has 0 saturated carbocycles. The van der Waals surface area contributed by atoms with Crippen LogP contribution in [0.4, 0.5) is 10.1 Å². The van der Waals surface area contributed by atoms with E-state index in [1.807, 2.05) is 0 Å². The van der Waals surface area contributed by atoms with Gasteiger partial charge in [-0.05, 0) is 30.7 Å². The Labute approximate surface area is 110 Å². The number of carbonyl (C=O) groups excluding carboxylic acids is 1. The molecule has 0 fully saturated rings. The number of aryl methyl sites for hydroxylation is 1. The van der Waals surface area contributed by atoms with Crippen LogP contribution in [0.3, 0.4) is 0 Å². The molecule has 0 radical (unpaired) electrons. The van der Waals surface area contributed by atoms with E-state index in [0.29, 0.717) is 16.8 Å². The van der Waals surface area contributed by atoms with Crippen LogP contribution in [0.5, 0.6) is 0 Å². The van der Waals surface area contributed by atoms with Crippen molar-refractivity contribution in [2.45, 2.75) is 13.5 Å². The number of benzene rings is 1. The van der Waals surface area contributed by atoms with Gasteiger partial charge in [-0.1, -0.05) is 12.1 Å². The maximum atomic E-state index is 13.0. The molecule has 0 aliphatic carbocycles. The Kier molecular flexibility index (Phi) is 3.75. The van der Waals surface area contributed by atoms with E-state index < -0.39 is 0 Å².